The van der Waals surface area contributed by atoms with E-state index in [2.05, 4.69) is 15.3 Å². The van der Waals surface area contributed by atoms with Crippen LogP contribution in [0.3, 0.4) is 0 Å². The Morgan fingerprint density at radius 2 is 1.68 bits per heavy atom. The van der Waals surface area contributed by atoms with Gasteiger partial charge in [-0.25, -0.2) is 32.7 Å². The van der Waals surface area contributed by atoms with E-state index in [1.807, 2.05) is 0 Å². The summed E-state index contributed by atoms with van der Waals surface area (Å²) >= 11 is 0. The number of anilines is 1. The lowest BCUT2D eigenvalue weighted by molar-refractivity contribution is 0.0692. The van der Waals surface area contributed by atoms with Crippen LogP contribution in [0.15, 0.2) is 29.2 Å². The van der Waals surface area contributed by atoms with Gasteiger partial charge in [-0.15, -0.1) is 0 Å². The Labute approximate surface area is 144 Å². The van der Waals surface area contributed by atoms with Crippen molar-refractivity contribution in [2.75, 3.05) is 5.32 Å². The monoisotopic (exact) mass is 364 g/mol. The Hall–Kier alpha value is -3.01. The molecule has 0 atom stereocenters. The SMILES string of the molecule is Cc1cc(C)nc(NC(=O)NS(=O)(=O)c2c(C)cccc2C(=O)O)n1. The maximum atomic E-state index is 12.4. The van der Waals surface area contributed by atoms with E-state index in [4.69, 9.17) is 0 Å². The minimum absolute atomic E-state index is 0.0616. The van der Waals surface area contributed by atoms with E-state index in [1.54, 1.807) is 24.6 Å². The number of rotatable bonds is 4. The normalized spacial score (nSPS) is 11.0. The van der Waals surface area contributed by atoms with E-state index in [0.717, 1.165) is 6.07 Å². The first-order chi connectivity index (χ1) is 11.6. The number of aromatic nitrogens is 2. The van der Waals surface area contributed by atoms with E-state index in [9.17, 15) is 23.1 Å². The van der Waals surface area contributed by atoms with Gasteiger partial charge in [0.05, 0.1) is 5.56 Å². The number of hydrogen-bond acceptors (Lipinski definition) is 6. The molecule has 2 aromatic rings. The average molecular weight is 364 g/mol. The van der Waals surface area contributed by atoms with Gasteiger partial charge in [-0.05, 0) is 38.5 Å². The molecular formula is C15H16N4O5S. The number of carboxylic acids is 1. The largest absolute Gasteiger partial charge is 0.478 e. The maximum Gasteiger partial charge on any atom is 0.337 e. The molecule has 3 N–H and O–H groups in total. The molecule has 0 radical (unpaired) electrons. The highest BCUT2D eigenvalue weighted by atomic mass is 32.2. The van der Waals surface area contributed by atoms with Gasteiger partial charge in [-0.1, -0.05) is 12.1 Å². The first-order valence-electron chi connectivity index (χ1n) is 7.09. The van der Waals surface area contributed by atoms with E-state index in [-0.39, 0.29) is 11.5 Å². The molecule has 2 rings (SSSR count). The van der Waals surface area contributed by atoms with Crippen molar-refractivity contribution in [1.29, 1.82) is 0 Å². The Morgan fingerprint density at radius 3 is 2.24 bits per heavy atom. The van der Waals surface area contributed by atoms with Gasteiger partial charge in [0.25, 0.3) is 10.0 Å². The third kappa shape index (κ3) is 4.29. The summed E-state index contributed by atoms with van der Waals surface area (Å²) in [5.74, 6) is -1.48. The molecule has 25 heavy (non-hydrogen) atoms. The Kier molecular flexibility index (Phi) is 5.02. The van der Waals surface area contributed by atoms with Crippen LogP contribution in [0.25, 0.3) is 0 Å². The zero-order chi connectivity index (χ0) is 18.8. The van der Waals surface area contributed by atoms with Crippen molar-refractivity contribution >= 4 is 28.0 Å². The molecule has 0 aliphatic carbocycles. The topological polar surface area (TPSA) is 138 Å². The summed E-state index contributed by atoms with van der Waals surface area (Å²) in [5.41, 5.74) is 0.959. The number of nitrogens with zero attached hydrogens (tertiary/aromatic N) is 2. The molecule has 1 aromatic carbocycles. The lowest BCUT2D eigenvalue weighted by Crippen LogP contribution is -2.36. The van der Waals surface area contributed by atoms with Gasteiger partial charge in [-0.3, -0.25) is 5.32 Å². The van der Waals surface area contributed by atoms with Gasteiger partial charge >= 0.3 is 12.0 Å². The number of hydrogen-bond donors (Lipinski definition) is 3. The van der Waals surface area contributed by atoms with Crippen LogP contribution in [-0.4, -0.2) is 35.5 Å². The van der Waals surface area contributed by atoms with Crippen LogP contribution >= 0.6 is 0 Å². The third-order valence-electron chi connectivity index (χ3n) is 3.15. The molecule has 0 saturated heterocycles. The number of aryl methyl sites for hydroxylation is 3. The van der Waals surface area contributed by atoms with Crippen LogP contribution in [0.2, 0.25) is 0 Å². The van der Waals surface area contributed by atoms with E-state index >= 15 is 0 Å². The number of nitrogens with one attached hydrogen (secondary N) is 2. The van der Waals surface area contributed by atoms with Gasteiger partial charge in [0.1, 0.15) is 4.90 Å². The molecule has 0 spiro atoms. The van der Waals surface area contributed by atoms with Gasteiger partial charge in [-0.2, -0.15) is 0 Å². The van der Waals surface area contributed by atoms with Gasteiger partial charge in [0, 0.05) is 11.4 Å². The predicted molar refractivity (Wildman–Crippen MR) is 89.0 cm³/mol. The number of aromatic carboxylic acids is 1. The summed E-state index contributed by atoms with van der Waals surface area (Å²) in [7, 11) is -4.40. The second kappa shape index (κ2) is 6.85. The fourth-order valence-electron chi connectivity index (χ4n) is 2.26. The number of amides is 2. The summed E-state index contributed by atoms with van der Waals surface area (Å²) in [6, 6.07) is 4.60. The van der Waals surface area contributed by atoms with Crippen LogP contribution in [-0.2, 0) is 10.0 Å². The summed E-state index contributed by atoms with van der Waals surface area (Å²) < 4.78 is 26.6. The highest BCUT2D eigenvalue weighted by Gasteiger charge is 2.26. The predicted octanol–water partition coefficient (Wildman–Crippen LogP) is 1.61. The molecule has 10 heteroatoms. The number of carboxylic acid groups (broad SMARTS) is 1. The molecular weight excluding hydrogens is 348 g/mol. The molecule has 132 valence electrons. The number of carbonyl (C=O) groups excluding carboxylic acids is 1. The molecule has 0 unspecified atom stereocenters. The second-order valence-corrected chi connectivity index (χ2v) is 6.91. The standard InChI is InChI=1S/C15H16N4O5S/c1-8-5-4-6-11(13(20)21)12(8)25(23,24)19-15(22)18-14-16-9(2)7-10(3)17-14/h4-7H,1-3H3,(H,20,21)(H2,16,17,18,19,22). The zero-order valence-electron chi connectivity index (χ0n) is 13.7. The Bertz CT molecular complexity index is 936. The van der Waals surface area contributed by atoms with Crippen molar-refractivity contribution in [3.05, 3.63) is 46.8 Å². The van der Waals surface area contributed by atoms with Gasteiger partial charge in [0.2, 0.25) is 5.95 Å². The fourth-order valence-corrected chi connectivity index (χ4v) is 3.59. The molecule has 0 fully saturated rings. The van der Waals surface area contributed by atoms with Gasteiger partial charge in [0.15, 0.2) is 0 Å². The molecule has 1 aromatic heterocycles. The van der Waals surface area contributed by atoms with Crippen LogP contribution in [0.5, 0.6) is 0 Å². The highest BCUT2D eigenvalue weighted by Crippen LogP contribution is 2.20. The minimum atomic E-state index is -4.40. The van der Waals surface area contributed by atoms with Crippen LogP contribution in [0.1, 0.15) is 27.3 Å². The fraction of sp³-hybridized carbons (Fsp3) is 0.200. The number of carbonyl (C=O) groups is 2. The molecule has 0 aliphatic rings. The molecule has 9 nitrogen and oxygen atoms in total. The Morgan fingerprint density at radius 1 is 1.08 bits per heavy atom. The molecule has 1 heterocycles. The first kappa shape index (κ1) is 18.3. The lowest BCUT2D eigenvalue weighted by atomic mass is 10.1. The molecule has 0 bridgehead atoms. The van der Waals surface area contributed by atoms with E-state index < -0.39 is 32.5 Å². The van der Waals surface area contributed by atoms with Gasteiger partial charge < -0.3 is 5.11 Å². The van der Waals surface area contributed by atoms with Crippen molar-refractivity contribution in [1.82, 2.24) is 14.7 Å². The van der Waals surface area contributed by atoms with E-state index in [0.29, 0.717) is 11.4 Å². The summed E-state index contributed by atoms with van der Waals surface area (Å²) in [6.07, 6.45) is 0. The zero-order valence-corrected chi connectivity index (χ0v) is 14.5. The van der Waals surface area contributed by atoms with Crippen molar-refractivity contribution in [3.63, 3.8) is 0 Å². The molecule has 0 saturated carbocycles. The highest BCUT2D eigenvalue weighted by molar-refractivity contribution is 7.90. The van der Waals surface area contributed by atoms with Crippen LogP contribution in [0.4, 0.5) is 10.7 Å². The second-order valence-electron chi connectivity index (χ2n) is 5.29. The van der Waals surface area contributed by atoms with Crippen molar-refractivity contribution in [2.24, 2.45) is 0 Å². The Balaban J connectivity index is 2.30. The van der Waals surface area contributed by atoms with Crippen molar-refractivity contribution in [3.8, 4) is 0 Å². The van der Waals surface area contributed by atoms with Crippen LogP contribution < -0.4 is 10.0 Å². The quantitative estimate of drug-likeness (QED) is 0.749. The average Bonchev–Trinajstić information content (AvgIpc) is 2.44. The van der Waals surface area contributed by atoms with E-state index in [1.165, 1.54) is 19.1 Å². The summed E-state index contributed by atoms with van der Waals surface area (Å²) in [6.45, 7) is 4.83. The van der Waals surface area contributed by atoms with Crippen molar-refractivity contribution < 1.29 is 23.1 Å². The smallest absolute Gasteiger partial charge is 0.337 e. The summed E-state index contributed by atoms with van der Waals surface area (Å²) in [4.78, 5) is 30.7. The molecule has 2 amide bonds. The summed E-state index contributed by atoms with van der Waals surface area (Å²) in [5, 5.41) is 11.4. The minimum Gasteiger partial charge on any atom is -0.478 e. The number of urea groups is 1. The lowest BCUT2D eigenvalue weighted by Gasteiger charge is -2.12. The third-order valence-corrected chi connectivity index (χ3v) is 4.68. The molecule has 0 aliphatic heterocycles. The number of benzene rings is 1. The first-order valence-corrected chi connectivity index (χ1v) is 8.57. The number of sulfonamides is 1. The maximum absolute atomic E-state index is 12.4. The van der Waals surface area contributed by atoms with Crippen molar-refractivity contribution in [2.45, 2.75) is 25.7 Å². The van der Waals surface area contributed by atoms with Crippen LogP contribution in [0, 0.1) is 20.8 Å².